The maximum atomic E-state index is 13.6. The van der Waals surface area contributed by atoms with Crippen LogP contribution in [-0.4, -0.2) is 16.5 Å². The molecular formula is C12H12ClFN4. The van der Waals surface area contributed by atoms with E-state index >= 15 is 0 Å². The molecule has 0 spiro atoms. The van der Waals surface area contributed by atoms with Crippen molar-refractivity contribution in [3.05, 3.63) is 41.4 Å². The van der Waals surface area contributed by atoms with Crippen LogP contribution in [0.5, 0.6) is 0 Å². The van der Waals surface area contributed by atoms with Crippen LogP contribution in [0.3, 0.4) is 0 Å². The van der Waals surface area contributed by atoms with Gasteiger partial charge in [-0.25, -0.2) is 9.37 Å². The monoisotopic (exact) mass is 266 g/mol. The van der Waals surface area contributed by atoms with Crippen molar-refractivity contribution >= 4 is 28.9 Å². The maximum Gasteiger partial charge on any atom is 0.151 e. The molecule has 1 heterocycles. The first-order chi connectivity index (χ1) is 8.70. The van der Waals surface area contributed by atoms with Crippen molar-refractivity contribution in [2.45, 2.75) is 6.92 Å². The molecule has 4 nitrogen and oxygen atoms in total. The summed E-state index contributed by atoms with van der Waals surface area (Å²) in [6.45, 7) is 2.69. The molecule has 0 amide bonds. The van der Waals surface area contributed by atoms with Gasteiger partial charge in [-0.1, -0.05) is 17.7 Å². The number of benzene rings is 1. The van der Waals surface area contributed by atoms with Gasteiger partial charge in [-0.2, -0.15) is 0 Å². The van der Waals surface area contributed by atoms with E-state index in [4.69, 9.17) is 11.6 Å². The van der Waals surface area contributed by atoms with Crippen LogP contribution in [0, 0.1) is 5.82 Å². The highest BCUT2D eigenvalue weighted by Gasteiger charge is 2.08. The minimum Gasteiger partial charge on any atom is -0.369 e. The second-order valence-corrected chi connectivity index (χ2v) is 3.95. The Balaban J connectivity index is 2.26. The second kappa shape index (κ2) is 5.64. The van der Waals surface area contributed by atoms with Crippen molar-refractivity contribution in [1.29, 1.82) is 0 Å². The zero-order chi connectivity index (χ0) is 13.0. The van der Waals surface area contributed by atoms with Gasteiger partial charge in [0, 0.05) is 6.54 Å². The Hall–Kier alpha value is -1.88. The van der Waals surface area contributed by atoms with Crippen molar-refractivity contribution in [2.24, 2.45) is 0 Å². The molecule has 2 aromatic rings. The van der Waals surface area contributed by atoms with Gasteiger partial charge in [0.25, 0.3) is 0 Å². The number of nitrogens with zero attached hydrogens (tertiary/aromatic N) is 2. The first-order valence-corrected chi connectivity index (χ1v) is 5.85. The summed E-state index contributed by atoms with van der Waals surface area (Å²) in [5.41, 5.74) is 0.196. The molecule has 0 aliphatic heterocycles. The van der Waals surface area contributed by atoms with E-state index in [0.717, 1.165) is 6.54 Å². The number of aromatic nitrogens is 2. The van der Waals surface area contributed by atoms with E-state index in [1.54, 1.807) is 18.3 Å². The van der Waals surface area contributed by atoms with Crippen LogP contribution in [0.15, 0.2) is 30.6 Å². The van der Waals surface area contributed by atoms with Gasteiger partial charge in [-0.05, 0) is 19.1 Å². The summed E-state index contributed by atoms with van der Waals surface area (Å²) >= 11 is 5.91. The summed E-state index contributed by atoms with van der Waals surface area (Å²) in [6.07, 6.45) is 3.10. The molecule has 1 aromatic heterocycles. The highest BCUT2D eigenvalue weighted by atomic mass is 35.5. The normalized spacial score (nSPS) is 10.2. The van der Waals surface area contributed by atoms with Crippen molar-refractivity contribution in [3.8, 4) is 0 Å². The highest BCUT2D eigenvalue weighted by molar-refractivity contribution is 6.33. The fourth-order valence-electron chi connectivity index (χ4n) is 1.44. The summed E-state index contributed by atoms with van der Waals surface area (Å²) in [5.74, 6) is 0.619. The van der Waals surface area contributed by atoms with Gasteiger partial charge in [-0.3, -0.25) is 4.98 Å². The molecule has 6 heteroatoms. The predicted molar refractivity (Wildman–Crippen MR) is 70.9 cm³/mol. The Morgan fingerprint density at radius 3 is 2.78 bits per heavy atom. The van der Waals surface area contributed by atoms with Gasteiger partial charge >= 0.3 is 0 Å². The zero-order valence-electron chi connectivity index (χ0n) is 9.74. The average molecular weight is 267 g/mol. The smallest absolute Gasteiger partial charge is 0.151 e. The van der Waals surface area contributed by atoms with Crippen molar-refractivity contribution in [1.82, 2.24) is 9.97 Å². The maximum absolute atomic E-state index is 13.6. The van der Waals surface area contributed by atoms with Crippen LogP contribution < -0.4 is 10.6 Å². The largest absolute Gasteiger partial charge is 0.369 e. The molecule has 0 fully saturated rings. The predicted octanol–water partition coefficient (Wildman–Crippen LogP) is 3.44. The number of hydrogen-bond acceptors (Lipinski definition) is 4. The van der Waals surface area contributed by atoms with E-state index < -0.39 is 5.82 Å². The van der Waals surface area contributed by atoms with Gasteiger partial charge < -0.3 is 10.6 Å². The summed E-state index contributed by atoms with van der Waals surface area (Å²) in [5, 5.41) is 6.14. The van der Waals surface area contributed by atoms with Crippen LogP contribution in [0.4, 0.5) is 21.7 Å². The lowest BCUT2D eigenvalue weighted by molar-refractivity contribution is 0.632. The van der Waals surface area contributed by atoms with Gasteiger partial charge in [0.2, 0.25) is 0 Å². The van der Waals surface area contributed by atoms with Crippen LogP contribution in [0.1, 0.15) is 6.92 Å². The number of hydrogen-bond donors (Lipinski definition) is 2. The lowest BCUT2D eigenvalue weighted by Gasteiger charge is -2.09. The SMILES string of the molecule is CCNc1cncc(Nc2c(F)cccc2Cl)n1. The molecule has 0 radical (unpaired) electrons. The molecule has 0 saturated carbocycles. The molecule has 0 saturated heterocycles. The lowest BCUT2D eigenvalue weighted by Crippen LogP contribution is -2.03. The van der Waals surface area contributed by atoms with Gasteiger partial charge in [-0.15, -0.1) is 0 Å². The number of halogens is 2. The minimum atomic E-state index is -0.432. The second-order valence-electron chi connectivity index (χ2n) is 3.54. The van der Waals surface area contributed by atoms with Gasteiger partial charge in [0.05, 0.1) is 23.1 Å². The first-order valence-electron chi connectivity index (χ1n) is 5.47. The first kappa shape index (κ1) is 12.6. The van der Waals surface area contributed by atoms with Crippen LogP contribution >= 0.6 is 11.6 Å². The summed E-state index contributed by atoms with van der Waals surface area (Å²) < 4.78 is 13.6. The fraction of sp³-hybridized carbons (Fsp3) is 0.167. The van der Waals surface area contributed by atoms with Crippen molar-refractivity contribution in [3.63, 3.8) is 0 Å². The van der Waals surface area contributed by atoms with Gasteiger partial charge in [0.15, 0.2) is 5.82 Å². The average Bonchev–Trinajstić information content (AvgIpc) is 2.35. The van der Waals surface area contributed by atoms with E-state index in [0.29, 0.717) is 16.7 Å². The number of para-hydroxylation sites is 1. The van der Waals surface area contributed by atoms with E-state index in [9.17, 15) is 4.39 Å². The van der Waals surface area contributed by atoms with E-state index in [1.807, 2.05) is 6.92 Å². The summed E-state index contributed by atoms with van der Waals surface area (Å²) in [4.78, 5) is 8.24. The molecule has 0 atom stereocenters. The van der Waals surface area contributed by atoms with E-state index in [2.05, 4.69) is 20.6 Å². The van der Waals surface area contributed by atoms with E-state index in [-0.39, 0.29) is 5.69 Å². The molecule has 2 N–H and O–H groups in total. The minimum absolute atomic E-state index is 0.196. The molecule has 18 heavy (non-hydrogen) atoms. The molecule has 94 valence electrons. The lowest BCUT2D eigenvalue weighted by atomic mass is 10.3. The van der Waals surface area contributed by atoms with Crippen LogP contribution in [-0.2, 0) is 0 Å². The van der Waals surface area contributed by atoms with Gasteiger partial charge in [0.1, 0.15) is 11.6 Å². The Bertz CT molecular complexity index is 527. The summed E-state index contributed by atoms with van der Waals surface area (Å²) in [6, 6.07) is 4.48. The zero-order valence-corrected chi connectivity index (χ0v) is 10.5. The third-order valence-electron chi connectivity index (χ3n) is 2.21. The Kier molecular flexibility index (Phi) is 3.94. The number of anilines is 3. The molecule has 0 aliphatic rings. The molecule has 0 bridgehead atoms. The molecule has 0 unspecified atom stereocenters. The molecule has 2 rings (SSSR count). The molecule has 1 aromatic carbocycles. The van der Waals surface area contributed by atoms with E-state index in [1.165, 1.54) is 12.3 Å². The topological polar surface area (TPSA) is 49.8 Å². The van der Waals surface area contributed by atoms with Crippen molar-refractivity contribution < 1.29 is 4.39 Å². The number of rotatable bonds is 4. The standard InChI is InChI=1S/C12H12ClFN4/c1-2-16-10-6-15-7-11(17-10)18-12-8(13)4-3-5-9(12)14/h3-7H,2H2,1H3,(H2,16,17,18). The van der Waals surface area contributed by atoms with Crippen LogP contribution in [0.2, 0.25) is 5.02 Å². The quantitative estimate of drug-likeness (QED) is 0.890. The molecule has 0 aliphatic carbocycles. The highest BCUT2D eigenvalue weighted by Crippen LogP contribution is 2.27. The number of nitrogens with one attached hydrogen (secondary N) is 2. The van der Waals surface area contributed by atoms with Crippen molar-refractivity contribution in [2.75, 3.05) is 17.2 Å². The van der Waals surface area contributed by atoms with Crippen LogP contribution in [0.25, 0.3) is 0 Å². The summed E-state index contributed by atoms with van der Waals surface area (Å²) in [7, 11) is 0. The Morgan fingerprint density at radius 1 is 1.28 bits per heavy atom. The Labute approximate surface area is 109 Å². The third-order valence-corrected chi connectivity index (χ3v) is 2.52. The Morgan fingerprint density at radius 2 is 2.06 bits per heavy atom. The molecular weight excluding hydrogens is 255 g/mol. The fourth-order valence-corrected chi connectivity index (χ4v) is 1.65. The third kappa shape index (κ3) is 2.87.